The van der Waals surface area contributed by atoms with E-state index in [1.165, 1.54) is 0 Å². The Labute approximate surface area is 153 Å². The fourth-order valence-electron chi connectivity index (χ4n) is 2.72. The predicted molar refractivity (Wildman–Crippen MR) is 104 cm³/mol. The van der Waals surface area contributed by atoms with Gasteiger partial charge in [-0.3, -0.25) is 9.78 Å². The number of carbonyl (C=O) groups excluding carboxylic acids is 1. The summed E-state index contributed by atoms with van der Waals surface area (Å²) in [5.74, 6) is -0.201. The number of amides is 1. The van der Waals surface area contributed by atoms with Gasteiger partial charge in [0.15, 0.2) is 0 Å². The average molecular weight is 346 g/mol. The Morgan fingerprint density at radius 1 is 1.08 bits per heavy atom. The SMILES string of the molecule is CCc1cccc(C)c1NC(=O)c1ccc(NCc2cccnc2)cn1. The maximum atomic E-state index is 12.5. The third-order valence-corrected chi connectivity index (χ3v) is 4.19. The Bertz CT molecular complexity index is 876. The highest BCUT2D eigenvalue weighted by Gasteiger charge is 2.11. The first-order valence-corrected chi connectivity index (χ1v) is 8.66. The molecule has 0 saturated heterocycles. The third kappa shape index (κ3) is 4.25. The van der Waals surface area contributed by atoms with Gasteiger partial charge in [-0.05, 0) is 48.2 Å². The van der Waals surface area contributed by atoms with Crippen molar-refractivity contribution < 1.29 is 4.79 Å². The number of pyridine rings is 2. The van der Waals surface area contributed by atoms with E-state index >= 15 is 0 Å². The molecule has 1 amide bonds. The van der Waals surface area contributed by atoms with Crippen LogP contribution in [-0.2, 0) is 13.0 Å². The van der Waals surface area contributed by atoms with Gasteiger partial charge in [0, 0.05) is 24.6 Å². The van der Waals surface area contributed by atoms with Crippen molar-refractivity contribution in [2.45, 2.75) is 26.8 Å². The van der Waals surface area contributed by atoms with Crippen LogP contribution in [0.1, 0.15) is 34.1 Å². The lowest BCUT2D eigenvalue weighted by molar-refractivity contribution is 0.102. The standard InChI is InChI=1S/C21H22N4O/c1-3-17-8-4-6-15(2)20(17)25-21(26)19-10-9-18(14-24-19)23-13-16-7-5-11-22-12-16/h4-12,14,23H,3,13H2,1-2H3,(H,25,26). The van der Waals surface area contributed by atoms with E-state index in [2.05, 4.69) is 27.5 Å². The van der Waals surface area contributed by atoms with Gasteiger partial charge in [-0.1, -0.05) is 31.2 Å². The van der Waals surface area contributed by atoms with Crippen molar-refractivity contribution in [1.29, 1.82) is 0 Å². The first kappa shape index (κ1) is 17.6. The van der Waals surface area contributed by atoms with Crippen molar-refractivity contribution >= 4 is 17.3 Å². The molecule has 0 radical (unpaired) electrons. The average Bonchev–Trinajstić information content (AvgIpc) is 2.69. The molecule has 0 aliphatic heterocycles. The minimum absolute atomic E-state index is 0.201. The summed E-state index contributed by atoms with van der Waals surface area (Å²) in [5, 5.41) is 6.26. The van der Waals surface area contributed by atoms with Crippen LogP contribution in [0.15, 0.2) is 61.1 Å². The summed E-state index contributed by atoms with van der Waals surface area (Å²) in [6, 6.07) is 13.5. The molecule has 0 saturated carbocycles. The third-order valence-electron chi connectivity index (χ3n) is 4.19. The Kier molecular flexibility index (Phi) is 5.59. The van der Waals surface area contributed by atoms with Crippen molar-refractivity contribution in [2.75, 3.05) is 10.6 Å². The number of carbonyl (C=O) groups is 1. The van der Waals surface area contributed by atoms with Crippen LogP contribution < -0.4 is 10.6 Å². The molecule has 3 aromatic rings. The van der Waals surface area contributed by atoms with Crippen molar-refractivity contribution in [3.8, 4) is 0 Å². The van der Waals surface area contributed by atoms with Crippen LogP contribution in [-0.4, -0.2) is 15.9 Å². The quantitative estimate of drug-likeness (QED) is 0.701. The van der Waals surface area contributed by atoms with Gasteiger partial charge in [-0.2, -0.15) is 0 Å². The minimum atomic E-state index is -0.201. The Balaban J connectivity index is 1.66. The first-order valence-electron chi connectivity index (χ1n) is 8.66. The normalized spacial score (nSPS) is 10.4. The summed E-state index contributed by atoms with van der Waals surface area (Å²) >= 11 is 0. The van der Waals surface area contributed by atoms with Crippen molar-refractivity contribution in [1.82, 2.24) is 9.97 Å². The van der Waals surface area contributed by atoms with Gasteiger partial charge in [0.1, 0.15) is 5.69 Å². The summed E-state index contributed by atoms with van der Waals surface area (Å²) in [6.45, 7) is 4.73. The maximum absolute atomic E-state index is 12.5. The van der Waals surface area contributed by atoms with Crippen LogP contribution in [0.25, 0.3) is 0 Å². The number of nitrogens with zero attached hydrogens (tertiary/aromatic N) is 2. The number of hydrogen-bond donors (Lipinski definition) is 2. The molecular formula is C21H22N4O. The smallest absolute Gasteiger partial charge is 0.274 e. The van der Waals surface area contributed by atoms with Gasteiger partial charge in [-0.25, -0.2) is 4.98 Å². The first-order chi connectivity index (χ1) is 12.7. The largest absolute Gasteiger partial charge is 0.380 e. The van der Waals surface area contributed by atoms with E-state index in [4.69, 9.17) is 0 Å². The van der Waals surface area contributed by atoms with E-state index in [9.17, 15) is 4.79 Å². The van der Waals surface area contributed by atoms with Gasteiger partial charge in [0.2, 0.25) is 0 Å². The summed E-state index contributed by atoms with van der Waals surface area (Å²) in [5.41, 5.74) is 5.37. The second kappa shape index (κ2) is 8.25. The summed E-state index contributed by atoms with van der Waals surface area (Å²) < 4.78 is 0. The van der Waals surface area contributed by atoms with E-state index < -0.39 is 0 Å². The second-order valence-corrected chi connectivity index (χ2v) is 6.06. The predicted octanol–water partition coefficient (Wildman–Crippen LogP) is 4.21. The Morgan fingerprint density at radius 2 is 1.96 bits per heavy atom. The Morgan fingerprint density at radius 3 is 2.65 bits per heavy atom. The number of aryl methyl sites for hydroxylation is 2. The molecule has 2 heterocycles. The number of rotatable bonds is 6. The Hall–Kier alpha value is -3.21. The fraction of sp³-hybridized carbons (Fsp3) is 0.190. The van der Waals surface area contributed by atoms with Crippen LogP contribution in [0.4, 0.5) is 11.4 Å². The van der Waals surface area contributed by atoms with Gasteiger partial charge >= 0.3 is 0 Å². The van der Waals surface area contributed by atoms with E-state index in [-0.39, 0.29) is 5.91 Å². The van der Waals surface area contributed by atoms with E-state index in [0.29, 0.717) is 12.2 Å². The number of anilines is 2. The molecule has 0 unspecified atom stereocenters. The highest BCUT2D eigenvalue weighted by Crippen LogP contribution is 2.21. The lowest BCUT2D eigenvalue weighted by Crippen LogP contribution is -2.15. The molecule has 2 aromatic heterocycles. The van der Waals surface area contributed by atoms with Crippen molar-refractivity contribution in [3.63, 3.8) is 0 Å². The molecule has 1 aromatic carbocycles. The molecule has 0 fully saturated rings. The van der Waals surface area contributed by atoms with Gasteiger partial charge in [-0.15, -0.1) is 0 Å². The summed E-state index contributed by atoms with van der Waals surface area (Å²) in [7, 11) is 0. The zero-order valence-corrected chi connectivity index (χ0v) is 15.0. The lowest BCUT2D eigenvalue weighted by atomic mass is 10.1. The van der Waals surface area contributed by atoms with Crippen LogP contribution in [0, 0.1) is 6.92 Å². The van der Waals surface area contributed by atoms with E-state index in [0.717, 1.165) is 34.5 Å². The van der Waals surface area contributed by atoms with Crippen molar-refractivity contribution in [2.24, 2.45) is 0 Å². The van der Waals surface area contributed by atoms with Crippen LogP contribution in [0.3, 0.4) is 0 Å². The van der Waals surface area contributed by atoms with E-state index in [1.54, 1.807) is 18.5 Å². The molecule has 132 valence electrons. The zero-order valence-electron chi connectivity index (χ0n) is 15.0. The highest BCUT2D eigenvalue weighted by molar-refractivity contribution is 6.03. The molecule has 0 aliphatic carbocycles. The summed E-state index contributed by atoms with van der Waals surface area (Å²) in [4.78, 5) is 20.9. The molecule has 0 bridgehead atoms. The molecular weight excluding hydrogens is 324 g/mol. The lowest BCUT2D eigenvalue weighted by Gasteiger charge is -2.13. The molecule has 2 N–H and O–H groups in total. The van der Waals surface area contributed by atoms with Crippen LogP contribution in [0.2, 0.25) is 0 Å². The van der Waals surface area contributed by atoms with Crippen molar-refractivity contribution in [3.05, 3.63) is 83.4 Å². The van der Waals surface area contributed by atoms with Gasteiger partial charge in [0.25, 0.3) is 5.91 Å². The van der Waals surface area contributed by atoms with E-state index in [1.807, 2.05) is 49.5 Å². The molecule has 0 aliphatic rings. The van der Waals surface area contributed by atoms with Gasteiger partial charge in [0.05, 0.1) is 11.9 Å². The molecule has 0 atom stereocenters. The topological polar surface area (TPSA) is 66.9 Å². The zero-order chi connectivity index (χ0) is 18.4. The number of benzene rings is 1. The maximum Gasteiger partial charge on any atom is 0.274 e. The van der Waals surface area contributed by atoms with Gasteiger partial charge < -0.3 is 10.6 Å². The molecule has 3 rings (SSSR count). The molecule has 26 heavy (non-hydrogen) atoms. The van der Waals surface area contributed by atoms with Crippen LogP contribution >= 0.6 is 0 Å². The minimum Gasteiger partial charge on any atom is -0.380 e. The molecule has 5 nitrogen and oxygen atoms in total. The summed E-state index contributed by atoms with van der Waals surface area (Å²) in [6.07, 6.45) is 6.10. The number of para-hydroxylation sites is 1. The monoisotopic (exact) mass is 346 g/mol. The number of hydrogen-bond acceptors (Lipinski definition) is 4. The fourth-order valence-corrected chi connectivity index (χ4v) is 2.72. The number of aromatic nitrogens is 2. The molecule has 5 heteroatoms. The van der Waals surface area contributed by atoms with Crippen LogP contribution in [0.5, 0.6) is 0 Å². The second-order valence-electron chi connectivity index (χ2n) is 6.06. The number of nitrogens with one attached hydrogen (secondary N) is 2. The molecule has 0 spiro atoms. The highest BCUT2D eigenvalue weighted by atomic mass is 16.1.